The number of ether oxygens (including phenoxy) is 1. The Bertz CT molecular complexity index is 814. The lowest BCUT2D eigenvalue weighted by atomic mass is 10.1. The molecule has 2 aromatic rings. The number of H-pyrrole nitrogens is 1. The molecule has 7 heteroatoms. The molecule has 126 valence electrons. The third-order valence-electron chi connectivity index (χ3n) is 3.84. The Morgan fingerprint density at radius 2 is 2.00 bits per heavy atom. The van der Waals surface area contributed by atoms with Crippen LogP contribution in [0, 0.1) is 5.82 Å². The number of hydrogen-bond donors (Lipinski definition) is 1. The molecule has 2 heterocycles. The highest BCUT2D eigenvalue weighted by molar-refractivity contribution is 6.02. The van der Waals surface area contributed by atoms with Gasteiger partial charge in [-0.15, -0.1) is 0 Å². The Labute approximate surface area is 139 Å². The van der Waals surface area contributed by atoms with Crippen LogP contribution >= 0.6 is 0 Å². The minimum Gasteiger partial charge on any atom is -0.361 e. The first-order valence-corrected chi connectivity index (χ1v) is 7.52. The van der Waals surface area contributed by atoms with Crippen LogP contribution in [0.2, 0.25) is 0 Å². The monoisotopic (exact) mass is 330 g/mol. The molecule has 0 fully saturated rings. The summed E-state index contributed by atoms with van der Waals surface area (Å²) in [4.78, 5) is 23.8. The van der Waals surface area contributed by atoms with Crippen molar-refractivity contribution in [1.82, 2.24) is 9.88 Å². The van der Waals surface area contributed by atoms with E-state index >= 15 is 0 Å². The van der Waals surface area contributed by atoms with Crippen molar-refractivity contribution in [3.05, 3.63) is 63.8 Å². The van der Waals surface area contributed by atoms with E-state index in [1.165, 1.54) is 18.2 Å². The van der Waals surface area contributed by atoms with Crippen molar-refractivity contribution in [2.24, 2.45) is 4.99 Å². The Hall–Kier alpha value is -2.67. The smallest absolute Gasteiger partial charge is 0.230 e. The number of aromatic amines is 1. The molecule has 1 unspecified atom stereocenters. The number of rotatable bonds is 3. The molecule has 0 radical (unpaired) electrons. The molecule has 1 aliphatic heterocycles. The molecule has 24 heavy (non-hydrogen) atoms. The molecule has 0 saturated carbocycles. The maximum atomic E-state index is 13.1. The van der Waals surface area contributed by atoms with Gasteiger partial charge in [0, 0.05) is 40.0 Å². The molecule has 0 bridgehead atoms. The summed E-state index contributed by atoms with van der Waals surface area (Å²) in [5.74, 6) is 0.344. The van der Waals surface area contributed by atoms with Crippen molar-refractivity contribution in [3.63, 3.8) is 0 Å². The average molecular weight is 330 g/mol. The lowest BCUT2D eigenvalue weighted by molar-refractivity contribution is 0.102. The van der Waals surface area contributed by atoms with Gasteiger partial charge in [0.25, 0.3) is 0 Å². The van der Waals surface area contributed by atoms with Crippen molar-refractivity contribution in [1.29, 1.82) is 0 Å². The SMILES string of the molecule is COC1N=C(N(C)C)c2[nH]ccc(=O)c2N1Cc1ccc(F)cc1. The summed E-state index contributed by atoms with van der Waals surface area (Å²) in [5, 5.41) is 0. The number of pyridine rings is 1. The van der Waals surface area contributed by atoms with Gasteiger partial charge in [-0.1, -0.05) is 12.1 Å². The fourth-order valence-corrected chi connectivity index (χ4v) is 2.74. The van der Waals surface area contributed by atoms with Gasteiger partial charge < -0.3 is 19.5 Å². The number of nitrogens with zero attached hydrogens (tertiary/aromatic N) is 3. The minimum absolute atomic E-state index is 0.123. The van der Waals surface area contributed by atoms with E-state index in [0.717, 1.165) is 5.56 Å². The van der Waals surface area contributed by atoms with Crippen LogP contribution in [0.15, 0.2) is 46.3 Å². The van der Waals surface area contributed by atoms with E-state index in [-0.39, 0.29) is 11.2 Å². The second-order valence-corrected chi connectivity index (χ2v) is 5.73. The fraction of sp³-hybridized carbons (Fsp3) is 0.294. The molecule has 0 amide bonds. The Morgan fingerprint density at radius 1 is 1.29 bits per heavy atom. The maximum absolute atomic E-state index is 13.1. The molecule has 0 saturated heterocycles. The van der Waals surface area contributed by atoms with Crippen LogP contribution in [0.1, 0.15) is 11.3 Å². The Morgan fingerprint density at radius 3 is 2.62 bits per heavy atom. The Kier molecular flexibility index (Phi) is 4.35. The van der Waals surface area contributed by atoms with Crippen molar-refractivity contribution >= 4 is 11.5 Å². The second kappa shape index (κ2) is 6.45. The molecular formula is C17H19FN4O2. The van der Waals surface area contributed by atoms with Gasteiger partial charge in [-0.2, -0.15) is 0 Å². The first-order valence-electron chi connectivity index (χ1n) is 7.52. The number of fused-ring (bicyclic) bond motifs is 1. The Balaban J connectivity index is 2.08. The molecule has 1 atom stereocenters. The molecule has 1 aromatic carbocycles. The van der Waals surface area contributed by atoms with Crippen LogP contribution in [-0.4, -0.2) is 43.3 Å². The zero-order valence-corrected chi connectivity index (χ0v) is 13.8. The standard InChI is InChI=1S/C17H19FN4O2/c1-21(2)16-14-15(13(23)8-9-19-14)22(17(20-16)24-3)10-11-4-6-12(18)7-5-11/h4-9,17H,10H2,1-3H3,(H,19,23). The van der Waals surface area contributed by atoms with Crippen LogP contribution < -0.4 is 10.3 Å². The van der Waals surface area contributed by atoms with Crippen molar-refractivity contribution in [3.8, 4) is 0 Å². The third kappa shape index (κ3) is 2.90. The van der Waals surface area contributed by atoms with E-state index in [0.29, 0.717) is 23.8 Å². The molecule has 1 aliphatic rings. The number of amidine groups is 1. The zero-order valence-electron chi connectivity index (χ0n) is 13.8. The molecule has 1 aromatic heterocycles. The first-order chi connectivity index (χ1) is 11.5. The highest BCUT2D eigenvalue weighted by atomic mass is 19.1. The zero-order chi connectivity index (χ0) is 17.3. The van der Waals surface area contributed by atoms with Gasteiger partial charge in [0.15, 0.2) is 5.84 Å². The number of hydrogen-bond acceptors (Lipinski definition) is 5. The van der Waals surface area contributed by atoms with Gasteiger partial charge in [0.1, 0.15) is 17.2 Å². The largest absolute Gasteiger partial charge is 0.361 e. The van der Waals surface area contributed by atoms with Crippen LogP contribution in [-0.2, 0) is 11.3 Å². The van der Waals surface area contributed by atoms with Crippen LogP contribution in [0.4, 0.5) is 10.1 Å². The first kappa shape index (κ1) is 16.2. The van der Waals surface area contributed by atoms with Crippen LogP contribution in [0.3, 0.4) is 0 Å². The molecule has 0 aliphatic carbocycles. The summed E-state index contributed by atoms with van der Waals surface area (Å²) in [5.41, 5.74) is 1.87. The van der Waals surface area contributed by atoms with Gasteiger partial charge in [-0.25, -0.2) is 9.38 Å². The summed E-state index contributed by atoms with van der Waals surface area (Å²) in [6.45, 7) is 0.378. The predicted octanol–water partition coefficient (Wildman–Crippen LogP) is 1.77. The van der Waals surface area contributed by atoms with Gasteiger partial charge in [0.05, 0.1) is 0 Å². The normalized spacial score (nSPS) is 16.6. The van der Waals surface area contributed by atoms with E-state index in [1.807, 2.05) is 19.0 Å². The summed E-state index contributed by atoms with van der Waals surface area (Å²) >= 11 is 0. The predicted molar refractivity (Wildman–Crippen MR) is 90.7 cm³/mol. The van der Waals surface area contributed by atoms with Gasteiger partial charge in [-0.05, 0) is 17.7 Å². The molecule has 0 spiro atoms. The van der Waals surface area contributed by atoms with E-state index in [9.17, 15) is 9.18 Å². The minimum atomic E-state index is -0.636. The molecule has 3 rings (SSSR count). The third-order valence-corrected chi connectivity index (χ3v) is 3.84. The van der Waals surface area contributed by atoms with E-state index in [4.69, 9.17) is 4.74 Å². The number of anilines is 1. The number of benzene rings is 1. The summed E-state index contributed by atoms with van der Waals surface area (Å²) in [6.07, 6.45) is 0.965. The number of nitrogens with one attached hydrogen (secondary N) is 1. The molecular weight excluding hydrogens is 311 g/mol. The summed E-state index contributed by atoms with van der Waals surface area (Å²) in [7, 11) is 5.26. The number of methoxy groups -OCH3 is 1. The van der Waals surface area contributed by atoms with Gasteiger partial charge in [-0.3, -0.25) is 4.79 Å². The number of aromatic nitrogens is 1. The fourth-order valence-electron chi connectivity index (χ4n) is 2.74. The van der Waals surface area contributed by atoms with Crippen LogP contribution in [0.25, 0.3) is 0 Å². The van der Waals surface area contributed by atoms with E-state index in [2.05, 4.69) is 9.98 Å². The molecule has 1 N–H and O–H groups in total. The quantitative estimate of drug-likeness (QED) is 0.932. The topological polar surface area (TPSA) is 60.9 Å². The van der Waals surface area contributed by atoms with Gasteiger partial charge in [0.2, 0.25) is 11.8 Å². The highest BCUT2D eigenvalue weighted by Gasteiger charge is 2.31. The summed E-state index contributed by atoms with van der Waals surface area (Å²) in [6, 6.07) is 7.63. The second-order valence-electron chi connectivity index (χ2n) is 5.73. The van der Waals surface area contributed by atoms with Crippen molar-refractivity contribution in [2.75, 3.05) is 26.1 Å². The lowest BCUT2D eigenvalue weighted by Crippen LogP contribution is -2.45. The number of aliphatic imine (C=N–C) groups is 1. The van der Waals surface area contributed by atoms with Crippen LogP contribution in [0.5, 0.6) is 0 Å². The molecule has 6 nitrogen and oxygen atoms in total. The number of halogens is 1. The van der Waals surface area contributed by atoms with E-state index < -0.39 is 6.35 Å². The van der Waals surface area contributed by atoms with Crippen molar-refractivity contribution in [2.45, 2.75) is 12.9 Å². The lowest BCUT2D eigenvalue weighted by Gasteiger charge is -2.36. The van der Waals surface area contributed by atoms with E-state index in [1.54, 1.807) is 30.3 Å². The maximum Gasteiger partial charge on any atom is 0.230 e. The highest BCUT2D eigenvalue weighted by Crippen LogP contribution is 2.26. The summed E-state index contributed by atoms with van der Waals surface area (Å²) < 4.78 is 18.6. The van der Waals surface area contributed by atoms with Gasteiger partial charge >= 0.3 is 0 Å². The van der Waals surface area contributed by atoms with Crippen molar-refractivity contribution < 1.29 is 9.13 Å². The average Bonchev–Trinajstić information content (AvgIpc) is 2.56.